The highest BCUT2D eigenvalue weighted by Crippen LogP contribution is 2.44. The number of amides is 1. The molecule has 1 atom stereocenters. The van der Waals surface area contributed by atoms with Gasteiger partial charge < -0.3 is 14.7 Å². The monoisotopic (exact) mass is 393 g/mol. The van der Waals surface area contributed by atoms with Crippen LogP contribution < -0.4 is 0 Å². The predicted octanol–water partition coefficient (Wildman–Crippen LogP) is 4.90. The topological polar surface area (TPSA) is 66.8 Å². The lowest BCUT2D eigenvalue weighted by Gasteiger charge is -2.24. The molecule has 1 aliphatic heterocycles. The van der Waals surface area contributed by atoms with Crippen LogP contribution in [-0.4, -0.2) is 41.8 Å². The summed E-state index contributed by atoms with van der Waals surface area (Å²) in [5.74, 6) is -0.489. The van der Waals surface area contributed by atoms with E-state index in [9.17, 15) is 9.59 Å². The maximum Gasteiger partial charge on any atom is 0.409 e. The summed E-state index contributed by atoms with van der Waals surface area (Å²) in [5.41, 5.74) is 4.84. The van der Waals surface area contributed by atoms with Gasteiger partial charge in [-0.2, -0.15) is 0 Å². The van der Waals surface area contributed by atoms with E-state index in [0.29, 0.717) is 26.1 Å². The van der Waals surface area contributed by atoms with Crippen LogP contribution in [0.1, 0.15) is 49.1 Å². The van der Waals surface area contributed by atoms with Crippen molar-refractivity contribution in [2.75, 3.05) is 19.7 Å². The highest BCUT2D eigenvalue weighted by Gasteiger charge is 2.30. The molecular weight excluding hydrogens is 366 g/mol. The molecule has 1 N–H and O–H groups in total. The number of nitrogens with zero attached hydrogens (tertiary/aromatic N) is 1. The van der Waals surface area contributed by atoms with Gasteiger partial charge in [0.25, 0.3) is 0 Å². The first-order valence-corrected chi connectivity index (χ1v) is 10.4. The van der Waals surface area contributed by atoms with E-state index in [2.05, 4.69) is 24.3 Å². The van der Waals surface area contributed by atoms with Crippen molar-refractivity contribution in [3.8, 4) is 11.1 Å². The van der Waals surface area contributed by atoms with Crippen molar-refractivity contribution >= 4 is 12.1 Å². The number of carbonyl (C=O) groups is 2. The zero-order valence-electron chi connectivity index (χ0n) is 16.5. The van der Waals surface area contributed by atoms with Crippen molar-refractivity contribution in [2.24, 2.45) is 5.92 Å². The third kappa shape index (κ3) is 4.29. The number of carboxylic acid groups (broad SMARTS) is 1. The lowest BCUT2D eigenvalue weighted by molar-refractivity contribution is -0.137. The summed E-state index contributed by atoms with van der Waals surface area (Å²) in [5, 5.41) is 8.95. The molecule has 0 aromatic heterocycles. The third-order valence-corrected chi connectivity index (χ3v) is 6.13. The molecule has 152 valence electrons. The minimum Gasteiger partial charge on any atom is -0.481 e. The smallest absolute Gasteiger partial charge is 0.409 e. The Balaban J connectivity index is 1.42. The molecule has 0 bridgehead atoms. The molecule has 1 unspecified atom stereocenters. The van der Waals surface area contributed by atoms with Crippen LogP contribution in [-0.2, 0) is 9.53 Å². The van der Waals surface area contributed by atoms with E-state index in [1.807, 2.05) is 24.3 Å². The summed E-state index contributed by atoms with van der Waals surface area (Å²) in [6, 6.07) is 16.6. The minimum atomic E-state index is -0.776. The summed E-state index contributed by atoms with van der Waals surface area (Å²) >= 11 is 0. The Bertz CT molecular complexity index is 848. The van der Waals surface area contributed by atoms with Gasteiger partial charge >= 0.3 is 12.1 Å². The van der Waals surface area contributed by atoms with E-state index >= 15 is 0 Å². The number of rotatable bonds is 5. The van der Waals surface area contributed by atoms with Gasteiger partial charge in [-0.05, 0) is 47.4 Å². The Morgan fingerprint density at radius 1 is 1.00 bits per heavy atom. The fourth-order valence-electron chi connectivity index (χ4n) is 4.64. The number of carboxylic acids is 1. The largest absolute Gasteiger partial charge is 0.481 e. The number of ether oxygens (including phenoxy) is 1. The van der Waals surface area contributed by atoms with Crippen LogP contribution in [0.25, 0.3) is 11.1 Å². The van der Waals surface area contributed by atoms with E-state index in [1.165, 1.54) is 22.3 Å². The molecule has 4 rings (SSSR count). The van der Waals surface area contributed by atoms with Crippen LogP contribution in [0.15, 0.2) is 48.5 Å². The first-order chi connectivity index (χ1) is 14.1. The van der Waals surface area contributed by atoms with E-state index in [1.54, 1.807) is 4.90 Å². The third-order valence-electron chi connectivity index (χ3n) is 6.13. The fourth-order valence-corrected chi connectivity index (χ4v) is 4.64. The second-order valence-corrected chi connectivity index (χ2v) is 8.04. The van der Waals surface area contributed by atoms with Gasteiger partial charge in [-0.25, -0.2) is 4.79 Å². The Morgan fingerprint density at radius 3 is 2.31 bits per heavy atom. The molecule has 1 heterocycles. The maximum absolute atomic E-state index is 12.8. The van der Waals surface area contributed by atoms with Crippen molar-refractivity contribution in [3.05, 3.63) is 59.7 Å². The lowest BCUT2D eigenvalue weighted by atomic mass is 9.98. The highest BCUT2D eigenvalue weighted by molar-refractivity contribution is 5.79. The van der Waals surface area contributed by atoms with Gasteiger partial charge in [0.15, 0.2) is 0 Å². The summed E-state index contributed by atoms with van der Waals surface area (Å²) in [6.45, 7) is 1.59. The molecule has 5 heteroatoms. The normalized spacial score (nSPS) is 18.6. The van der Waals surface area contributed by atoms with Crippen LogP contribution in [0.2, 0.25) is 0 Å². The number of fused-ring (bicyclic) bond motifs is 3. The van der Waals surface area contributed by atoms with Gasteiger partial charge in [0.05, 0.1) is 0 Å². The molecule has 1 fully saturated rings. The Morgan fingerprint density at radius 2 is 1.66 bits per heavy atom. The quantitative estimate of drug-likeness (QED) is 0.784. The molecule has 1 saturated heterocycles. The van der Waals surface area contributed by atoms with Crippen molar-refractivity contribution in [2.45, 2.75) is 38.0 Å². The van der Waals surface area contributed by atoms with Gasteiger partial charge in [-0.15, -0.1) is 0 Å². The summed E-state index contributed by atoms with van der Waals surface area (Å²) in [7, 11) is 0. The second-order valence-electron chi connectivity index (χ2n) is 8.04. The SMILES string of the molecule is O=C(O)CCC1CCCCN(C(=O)OCC2c3ccccc3-c3ccccc32)C1. The van der Waals surface area contributed by atoms with Crippen LogP contribution >= 0.6 is 0 Å². The molecule has 1 aliphatic carbocycles. The zero-order valence-corrected chi connectivity index (χ0v) is 16.5. The van der Waals surface area contributed by atoms with E-state index in [4.69, 9.17) is 9.84 Å². The molecule has 0 radical (unpaired) electrons. The molecule has 29 heavy (non-hydrogen) atoms. The minimum absolute atomic E-state index is 0.0566. The standard InChI is InChI=1S/C24H27NO4/c26-23(27)13-12-17-7-5-6-14-25(15-17)24(28)29-16-22-20-10-3-1-8-18(20)19-9-2-4-11-21(19)22/h1-4,8-11,17,22H,5-7,12-16H2,(H,26,27). The molecule has 1 amide bonds. The average Bonchev–Trinajstić information content (AvgIpc) is 2.87. The second kappa shape index (κ2) is 8.68. The van der Waals surface area contributed by atoms with E-state index in [-0.39, 0.29) is 24.3 Å². The Kier molecular flexibility index (Phi) is 5.84. The van der Waals surface area contributed by atoms with Crippen molar-refractivity contribution in [3.63, 3.8) is 0 Å². The molecule has 2 aromatic rings. The summed E-state index contributed by atoms with van der Waals surface area (Å²) < 4.78 is 5.78. The van der Waals surface area contributed by atoms with Crippen molar-refractivity contribution < 1.29 is 19.4 Å². The van der Waals surface area contributed by atoms with Crippen LogP contribution in [0.4, 0.5) is 4.79 Å². The van der Waals surface area contributed by atoms with Crippen LogP contribution in [0, 0.1) is 5.92 Å². The van der Waals surface area contributed by atoms with Gasteiger partial charge in [0.2, 0.25) is 0 Å². The Labute approximate surface area is 171 Å². The highest BCUT2D eigenvalue weighted by atomic mass is 16.6. The van der Waals surface area contributed by atoms with Gasteiger partial charge in [0, 0.05) is 25.4 Å². The zero-order chi connectivity index (χ0) is 20.2. The van der Waals surface area contributed by atoms with Gasteiger partial charge in [-0.1, -0.05) is 55.0 Å². The maximum atomic E-state index is 12.8. The van der Waals surface area contributed by atoms with Crippen LogP contribution in [0.3, 0.4) is 0 Å². The van der Waals surface area contributed by atoms with Crippen LogP contribution in [0.5, 0.6) is 0 Å². The molecule has 0 saturated carbocycles. The molecular formula is C24H27NO4. The van der Waals surface area contributed by atoms with Crippen molar-refractivity contribution in [1.29, 1.82) is 0 Å². The van der Waals surface area contributed by atoms with E-state index < -0.39 is 5.97 Å². The Hall–Kier alpha value is -2.82. The molecule has 2 aromatic carbocycles. The molecule has 2 aliphatic rings. The number of benzene rings is 2. The van der Waals surface area contributed by atoms with Gasteiger partial charge in [0.1, 0.15) is 6.61 Å². The average molecular weight is 393 g/mol. The predicted molar refractivity (Wildman–Crippen MR) is 111 cm³/mol. The van der Waals surface area contributed by atoms with Crippen molar-refractivity contribution in [1.82, 2.24) is 4.90 Å². The number of hydrogen-bond acceptors (Lipinski definition) is 3. The lowest BCUT2D eigenvalue weighted by Crippen LogP contribution is -2.36. The van der Waals surface area contributed by atoms with Gasteiger partial charge in [-0.3, -0.25) is 4.79 Å². The molecule has 5 nitrogen and oxygen atoms in total. The number of hydrogen-bond donors (Lipinski definition) is 1. The summed E-state index contributed by atoms with van der Waals surface area (Å²) in [4.78, 5) is 25.5. The summed E-state index contributed by atoms with van der Waals surface area (Å²) in [6.07, 6.45) is 3.42. The van der Waals surface area contributed by atoms with E-state index in [0.717, 1.165) is 19.3 Å². The number of carbonyl (C=O) groups excluding carboxylic acids is 1. The number of likely N-dealkylation sites (tertiary alicyclic amines) is 1. The first kappa shape index (κ1) is 19.5. The molecule has 0 spiro atoms. The first-order valence-electron chi connectivity index (χ1n) is 10.4. The fraction of sp³-hybridized carbons (Fsp3) is 0.417. The number of aliphatic carboxylic acids is 1.